The van der Waals surface area contributed by atoms with Crippen molar-refractivity contribution in [1.82, 2.24) is 5.32 Å². The second kappa shape index (κ2) is 4.81. The number of carbonyl (C=O) groups is 1. The first-order valence-electron chi connectivity index (χ1n) is 4.05. The number of alkyl carbamates (subject to hydrolysis) is 1. The molecule has 15 heavy (non-hydrogen) atoms. The third kappa shape index (κ3) is 2.60. The molecule has 0 aliphatic carbocycles. The van der Waals surface area contributed by atoms with E-state index in [1.54, 1.807) is 6.07 Å². The van der Waals surface area contributed by atoms with Gasteiger partial charge in [0.25, 0.3) is 0 Å². The van der Waals surface area contributed by atoms with Crippen LogP contribution in [0.2, 0.25) is 0 Å². The molecule has 0 unspecified atom stereocenters. The van der Waals surface area contributed by atoms with Gasteiger partial charge in [0, 0.05) is 4.47 Å². The number of benzene rings is 1. The Kier molecular flexibility index (Phi) is 3.93. The van der Waals surface area contributed by atoms with Crippen LogP contribution in [0.25, 0.3) is 0 Å². The van der Waals surface area contributed by atoms with E-state index in [4.69, 9.17) is 4.74 Å². The van der Waals surface area contributed by atoms with Gasteiger partial charge in [-0.15, -0.1) is 12.4 Å². The first-order chi connectivity index (χ1) is 6.66. The molecule has 1 fully saturated rings. The van der Waals surface area contributed by atoms with Gasteiger partial charge in [-0.25, -0.2) is 9.18 Å². The summed E-state index contributed by atoms with van der Waals surface area (Å²) in [5.74, 6) is -0.314. The Morgan fingerprint density at radius 3 is 2.80 bits per heavy atom. The third-order valence-electron chi connectivity index (χ3n) is 2.01. The molecule has 1 aromatic rings. The van der Waals surface area contributed by atoms with Crippen molar-refractivity contribution in [2.75, 3.05) is 6.61 Å². The number of hydrogen-bond acceptors (Lipinski definition) is 2. The standard InChI is InChI=1S/C9H7BrFNO2.ClH/c10-7-3-5(11)1-2-6(7)8-4-14-9(13)12-8;/h1-3,8H,4H2,(H,12,13);1H/t8-;/m0./s1. The van der Waals surface area contributed by atoms with Crippen molar-refractivity contribution in [3.63, 3.8) is 0 Å². The average Bonchev–Trinajstić information content (AvgIpc) is 2.51. The van der Waals surface area contributed by atoms with Gasteiger partial charge in [-0.05, 0) is 17.7 Å². The fourth-order valence-corrected chi connectivity index (χ4v) is 1.96. The molecule has 0 radical (unpaired) electrons. The molecule has 6 heteroatoms. The molecule has 1 atom stereocenters. The highest BCUT2D eigenvalue weighted by Gasteiger charge is 2.25. The molecule has 1 heterocycles. The van der Waals surface area contributed by atoms with Gasteiger partial charge in [-0.2, -0.15) is 0 Å². The first kappa shape index (κ1) is 12.3. The minimum atomic E-state index is -0.439. The Morgan fingerprint density at radius 1 is 1.53 bits per heavy atom. The van der Waals surface area contributed by atoms with Gasteiger partial charge in [0.1, 0.15) is 12.4 Å². The quantitative estimate of drug-likeness (QED) is 0.865. The maximum Gasteiger partial charge on any atom is 0.407 e. The molecule has 1 amide bonds. The lowest BCUT2D eigenvalue weighted by Gasteiger charge is -2.09. The molecule has 0 saturated carbocycles. The molecular weight excluding hydrogens is 288 g/mol. The van der Waals surface area contributed by atoms with Crippen LogP contribution in [0.5, 0.6) is 0 Å². The fraction of sp³-hybridized carbons (Fsp3) is 0.222. The summed E-state index contributed by atoms with van der Waals surface area (Å²) in [6.07, 6.45) is -0.439. The summed E-state index contributed by atoms with van der Waals surface area (Å²) in [4.78, 5) is 10.8. The summed E-state index contributed by atoms with van der Waals surface area (Å²) >= 11 is 3.23. The lowest BCUT2D eigenvalue weighted by molar-refractivity contribution is 0.177. The van der Waals surface area contributed by atoms with E-state index in [1.165, 1.54) is 12.1 Å². The smallest absolute Gasteiger partial charge is 0.407 e. The van der Waals surface area contributed by atoms with Crippen LogP contribution in [0.15, 0.2) is 22.7 Å². The number of rotatable bonds is 1. The van der Waals surface area contributed by atoms with E-state index in [-0.39, 0.29) is 30.9 Å². The molecule has 1 N–H and O–H groups in total. The highest BCUT2D eigenvalue weighted by Crippen LogP contribution is 2.26. The van der Waals surface area contributed by atoms with Gasteiger partial charge >= 0.3 is 6.09 Å². The molecule has 1 aliphatic rings. The fourth-order valence-electron chi connectivity index (χ4n) is 1.34. The highest BCUT2D eigenvalue weighted by molar-refractivity contribution is 9.10. The van der Waals surface area contributed by atoms with E-state index in [9.17, 15) is 9.18 Å². The van der Waals surface area contributed by atoms with Crippen LogP contribution in [0, 0.1) is 5.82 Å². The van der Waals surface area contributed by atoms with Crippen LogP contribution in [0.1, 0.15) is 11.6 Å². The van der Waals surface area contributed by atoms with Crippen molar-refractivity contribution in [1.29, 1.82) is 0 Å². The summed E-state index contributed by atoms with van der Waals surface area (Å²) in [6.45, 7) is 0.281. The van der Waals surface area contributed by atoms with Crippen molar-refractivity contribution in [3.8, 4) is 0 Å². The molecule has 1 aromatic carbocycles. The van der Waals surface area contributed by atoms with Crippen LogP contribution in [-0.2, 0) is 4.74 Å². The minimum Gasteiger partial charge on any atom is -0.447 e. The monoisotopic (exact) mass is 295 g/mol. The zero-order valence-electron chi connectivity index (χ0n) is 7.50. The maximum absolute atomic E-state index is 12.8. The summed E-state index contributed by atoms with van der Waals surface area (Å²) in [5, 5.41) is 2.62. The molecular formula is C9H8BrClFNO2. The van der Waals surface area contributed by atoms with E-state index in [2.05, 4.69) is 21.2 Å². The lowest BCUT2D eigenvalue weighted by atomic mass is 10.1. The van der Waals surface area contributed by atoms with Gasteiger partial charge in [0.05, 0.1) is 6.04 Å². The van der Waals surface area contributed by atoms with E-state index < -0.39 is 6.09 Å². The van der Waals surface area contributed by atoms with Crippen LogP contribution < -0.4 is 5.32 Å². The topological polar surface area (TPSA) is 38.3 Å². The van der Waals surface area contributed by atoms with Gasteiger partial charge in [0.2, 0.25) is 0 Å². The SMILES string of the molecule is Cl.O=C1N[C@H](c2ccc(F)cc2Br)CO1. The largest absolute Gasteiger partial charge is 0.447 e. The maximum atomic E-state index is 12.8. The highest BCUT2D eigenvalue weighted by atomic mass is 79.9. The van der Waals surface area contributed by atoms with Gasteiger partial charge in [-0.1, -0.05) is 22.0 Å². The summed E-state index contributed by atoms with van der Waals surface area (Å²) in [7, 11) is 0. The Bertz CT molecular complexity index is 388. The molecule has 1 saturated heterocycles. The molecule has 3 nitrogen and oxygen atoms in total. The zero-order valence-corrected chi connectivity index (χ0v) is 9.90. The number of cyclic esters (lactones) is 1. The number of nitrogens with one attached hydrogen (secondary N) is 1. The van der Waals surface area contributed by atoms with Crippen molar-refractivity contribution in [3.05, 3.63) is 34.1 Å². The first-order valence-corrected chi connectivity index (χ1v) is 4.84. The van der Waals surface area contributed by atoms with Crippen molar-refractivity contribution in [2.24, 2.45) is 0 Å². The van der Waals surface area contributed by atoms with Crippen molar-refractivity contribution >= 4 is 34.4 Å². The molecule has 2 rings (SSSR count). The van der Waals surface area contributed by atoms with E-state index in [0.717, 1.165) is 5.56 Å². The third-order valence-corrected chi connectivity index (χ3v) is 2.70. The van der Waals surface area contributed by atoms with Crippen LogP contribution >= 0.6 is 28.3 Å². The van der Waals surface area contributed by atoms with Gasteiger partial charge in [-0.3, -0.25) is 0 Å². The lowest BCUT2D eigenvalue weighted by Crippen LogP contribution is -2.18. The minimum absolute atomic E-state index is 0. The number of carbonyl (C=O) groups excluding carboxylic acids is 1. The van der Waals surface area contributed by atoms with E-state index >= 15 is 0 Å². The summed E-state index contributed by atoms with van der Waals surface area (Å²) in [6, 6.07) is 4.14. The van der Waals surface area contributed by atoms with Crippen LogP contribution in [0.4, 0.5) is 9.18 Å². The van der Waals surface area contributed by atoms with Crippen molar-refractivity contribution < 1.29 is 13.9 Å². The summed E-state index contributed by atoms with van der Waals surface area (Å²) in [5.41, 5.74) is 0.817. The van der Waals surface area contributed by atoms with E-state index in [0.29, 0.717) is 4.47 Å². The second-order valence-corrected chi connectivity index (χ2v) is 3.82. The molecule has 1 aliphatic heterocycles. The molecule has 82 valence electrons. The summed E-state index contributed by atoms with van der Waals surface area (Å²) < 4.78 is 18.1. The van der Waals surface area contributed by atoms with E-state index in [1.807, 2.05) is 0 Å². The Hall–Kier alpha value is -0.810. The van der Waals surface area contributed by atoms with Crippen LogP contribution in [-0.4, -0.2) is 12.7 Å². The van der Waals surface area contributed by atoms with Crippen LogP contribution in [0.3, 0.4) is 0 Å². The second-order valence-electron chi connectivity index (χ2n) is 2.96. The predicted octanol–water partition coefficient (Wildman–Crippen LogP) is 2.79. The zero-order chi connectivity index (χ0) is 10.1. The Morgan fingerprint density at radius 2 is 2.27 bits per heavy atom. The Balaban J connectivity index is 0.00000112. The van der Waals surface area contributed by atoms with Gasteiger partial charge < -0.3 is 10.1 Å². The van der Waals surface area contributed by atoms with Gasteiger partial charge in [0.15, 0.2) is 0 Å². The molecule has 0 bridgehead atoms. The van der Waals surface area contributed by atoms with Crippen molar-refractivity contribution in [2.45, 2.75) is 6.04 Å². The molecule has 0 spiro atoms. The molecule has 0 aromatic heterocycles. The number of ether oxygens (including phenoxy) is 1. The predicted molar refractivity (Wildman–Crippen MR) is 58.6 cm³/mol. The Labute approximate surface area is 101 Å². The number of hydrogen-bond donors (Lipinski definition) is 1. The average molecular weight is 297 g/mol. The number of halogens is 3. The normalized spacial score (nSPS) is 19.1. The number of amides is 1.